The van der Waals surface area contributed by atoms with Crippen molar-refractivity contribution in [2.75, 3.05) is 0 Å². The smallest absolute Gasteiger partial charge is 0.258 e. The molecular formula is C15H9BrN2O2. The Morgan fingerprint density at radius 3 is 2.55 bits per heavy atom. The molecule has 0 aliphatic heterocycles. The SMILES string of the molecule is N#C/C(=C\c1cccc([N+](=O)[O-])c1)c1ccc(Br)cc1. The Morgan fingerprint density at radius 2 is 1.95 bits per heavy atom. The Kier molecular flexibility index (Phi) is 4.28. The van der Waals surface area contributed by atoms with Gasteiger partial charge in [0.25, 0.3) is 5.69 Å². The molecule has 0 amide bonds. The number of hydrogen-bond donors (Lipinski definition) is 0. The molecule has 98 valence electrons. The fourth-order valence-electron chi connectivity index (χ4n) is 1.70. The van der Waals surface area contributed by atoms with Gasteiger partial charge in [0, 0.05) is 16.6 Å². The number of hydrogen-bond acceptors (Lipinski definition) is 3. The standard InChI is InChI=1S/C15H9BrN2O2/c16-14-6-4-12(5-7-14)13(10-17)8-11-2-1-3-15(9-11)18(19)20/h1-9H/b13-8+. The zero-order valence-electron chi connectivity index (χ0n) is 10.3. The summed E-state index contributed by atoms with van der Waals surface area (Å²) < 4.78 is 0.925. The van der Waals surface area contributed by atoms with Gasteiger partial charge in [0.15, 0.2) is 0 Å². The molecule has 0 heterocycles. The summed E-state index contributed by atoms with van der Waals surface area (Å²) in [5.74, 6) is 0. The van der Waals surface area contributed by atoms with Crippen molar-refractivity contribution < 1.29 is 4.92 Å². The number of non-ortho nitro benzene ring substituents is 1. The van der Waals surface area contributed by atoms with Gasteiger partial charge in [0.2, 0.25) is 0 Å². The van der Waals surface area contributed by atoms with E-state index in [0.717, 1.165) is 10.0 Å². The molecule has 0 aliphatic rings. The predicted octanol–water partition coefficient (Wildman–Crippen LogP) is 4.42. The minimum atomic E-state index is -0.455. The van der Waals surface area contributed by atoms with Gasteiger partial charge < -0.3 is 0 Å². The van der Waals surface area contributed by atoms with Crippen molar-refractivity contribution in [3.8, 4) is 6.07 Å². The Morgan fingerprint density at radius 1 is 1.25 bits per heavy atom. The molecule has 2 aromatic rings. The molecule has 4 nitrogen and oxygen atoms in total. The van der Waals surface area contributed by atoms with Crippen molar-refractivity contribution in [3.63, 3.8) is 0 Å². The highest BCUT2D eigenvalue weighted by molar-refractivity contribution is 9.10. The summed E-state index contributed by atoms with van der Waals surface area (Å²) in [7, 11) is 0. The maximum atomic E-state index is 10.7. The largest absolute Gasteiger partial charge is 0.270 e. The number of nitro groups is 1. The van der Waals surface area contributed by atoms with Gasteiger partial charge >= 0.3 is 0 Å². The Labute approximate surface area is 124 Å². The van der Waals surface area contributed by atoms with Crippen LogP contribution in [0.1, 0.15) is 11.1 Å². The van der Waals surface area contributed by atoms with Gasteiger partial charge in [-0.05, 0) is 29.3 Å². The van der Waals surface area contributed by atoms with Crippen molar-refractivity contribution in [1.82, 2.24) is 0 Å². The fourth-order valence-corrected chi connectivity index (χ4v) is 1.97. The highest BCUT2D eigenvalue weighted by atomic mass is 79.9. The average molecular weight is 329 g/mol. The van der Waals surface area contributed by atoms with Gasteiger partial charge in [-0.25, -0.2) is 0 Å². The first kappa shape index (κ1) is 14.0. The first-order chi connectivity index (χ1) is 9.60. The van der Waals surface area contributed by atoms with Gasteiger partial charge in [-0.3, -0.25) is 10.1 Å². The maximum absolute atomic E-state index is 10.7. The summed E-state index contributed by atoms with van der Waals surface area (Å²) in [6, 6.07) is 15.6. The summed E-state index contributed by atoms with van der Waals surface area (Å²) in [6.45, 7) is 0. The molecule has 0 spiro atoms. The molecular weight excluding hydrogens is 320 g/mol. The lowest BCUT2D eigenvalue weighted by molar-refractivity contribution is -0.384. The van der Waals surface area contributed by atoms with E-state index in [2.05, 4.69) is 22.0 Å². The second kappa shape index (κ2) is 6.13. The Bertz CT molecular complexity index is 715. The number of nitrogens with zero attached hydrogens (tertiary/aromatic N) is 2. The number of nitriles is 1. The third kappa shape index (κ3) is 3.31. The minimum Gasteiger partial charge on any atom is -0.258 e. The number of rotatable bonds is 3. The molecule has 2 rings (SSSR count). The van der Waals surface area contributed by atoms with Crippen LogP contribution in [0.15, 0.2) is 53.0 Å². The maximum Gasteiger partial charge on any atom is 0.270 e. The average Bonchev–Trinajstić information content (AvgIpc) is 2.46. The fraction of sp³-hybridized carbons (Fsp3) is 0. The number of nitro benzene ring substituents is 1. The molecule has 0 atom stereocenters. The molecule has 0 aliphatic carbocycles. The van der Waals surface area contributed by atoms with Crippen LogP contribution in [0.4, 0.5) is 5.69 Å². The van der Waals surface area contributed by atoms with Crippen LogP contribution >= 0.6 is 15.9 Å². The molecule has 0 unspecified atom stereocenters. The molecule has 0 aromatic heterocycles. The van der Waals surface area contributed by atoms with Crippen LogP contribution in [0.5, 0.6) is 0 Å². The van der Waals surface area contributed by atoms with E-state index < -0.39 is 4.92 Å². The molecule has 0 bridgehead atoms. The summed E-state index contributed by atoms with van der Waals surface area (Å²) in [5, 5.41) is 20.0. The third-order valence-corrected chi connectivity index (χ3v) is 3.20. The first-order valence-corrected chi connectivity index (χ1v) is 6.51. The zero-order valence-corrected chi connectivity index (χ0v) is 11.9. The lowest BCUT2D eigenvalue weighted by Gasteiger charge is -2.00. The van der Waals surface area contributed by atoms with Crippen LogP contribution in [0.25, 0.3) is 11.6 Å². The summed E-state index contributed by atoms with van der Waals surface area (Å²) in [4.78, 5) is 10.3. The molecule has 20 heavy (non-hydrogen) atoms. The van der Waals surface area contributed by atoms with Crippen LogP contribution in [-0.4, -0.2) is 4.92 Å². The van der Waals surface area contributed by atoms with Crippen LogP contribution in [-0.2, 0) is 0 Å². The van der Waals surface area contributed by atoms with Crippen molar-refractivity contribution in [2.24, 2.45) is 0 Å². The van der Waals surface area contributed by atoms with Crippen LogP contribution < -0.4 is 0 Å². The van der Waals surface area contributed by atoms with Gasteiger partial charge in [-0.2, -0.15) is 5.26 Å². The van der Waals surface area contributed by atoms with Crippen LogP contribution in [0.3, 0.4) is 0 Å². The zero-order chi connectivity index (χ0) is 14.5. The minimum absolute atomic E-state index is 0.00634. The van der Waals surface area contributed by atoms with Crippen molar-refractivity contribution in [3.05, 3.63) is 74.2 Å². The monoisotopic (exact) mass is 328 g/mol. The van der Waals surface area contributed by atoms with Crippen LogP contribution in [0.2, 0.25) is 0 Å². The van der Waals surface area contributed by atoms with Crippen molar-refractivity contribution in [2.45, 2.75) is 0 Å². The number of halogens is 1. The summed E-state index contributed by atoms with van der Waals surface area (Å²) in [6.07, 6.45) is 1.64. The second-order valence-corrected chi connectivity index (χ2v) is 4.94. The highest BCUT2D eigenvalue weighted by Crippen LogP contribution is 2.22. The molecule has 0 saturated carbocycles. The van der Waals surface area contributed by atoms with E-state index in [1.165, 1.54) is 12.1 Å². The lowest BCUT2D eigenvalue weighted by atomic mass is 10.0. The molecule has 5 heteroatoms. The lowest BCUT2D eigenvalue weighted by Crippen LogP contribution is -1.88. The van der Waals surface area contributed by atoms with Crippen LogP contribution in [0, 0.1) is 21.4 Å². The van der Waals surface area contributed by atoms with E-state index in [1.807, 2.05) is 24.3 Å². The molecule has 0 saturated heterocycles. The van der Waals surface area contributed by atoms with Crippen molar-refractivity contribution >= 4 is 33.3 Å². The second-order valence-electron chi connectivity index (χ2n) is 4.03. The number of benzene rings is 2. The van der Waals surface area contributed by atoms with Gasteiger partial charge in [-0.1, -0.05) is 40.2 Å². The van der Waals surface area contributed by atoms with E-state index in [-0.39, 0.29) is 5.69 Å². The van der Waals surface area contributed by atoms with E-state index in [4.69, 9.17) is 0 Å². The van der Waals surface area contributed by atoms with Gasteiger partial charge in [0.05, 0.1) is 16.6 Å². The normalized spacial score (nSPS) is 10.9. The van der Waals surface area contributed by atoms with Gasteiger partial charge in [0.1, 0.15) is 0 Å². The van der Waals surface area contributed by atoms with E-state index >= 15 is 0 Å². The Hall–Kier alpha value is -2.45. The number of allylic oxidation sites excluding steroid dienone is 1. The van der Waals surface area contributed by atoms with Crippen molar-refractivity contribution in [1.29, 1.82) is 5.26 Å². The van der Waals surface area contributed by atoms with E-state index in [9.17, 15) is 15.4 Å². The summed E-state index contributed by atoms with van der Waals surface area (Å²) >= 11 is 3.33. The third-order valence-electron chi connectivity index (χ3n) is 2.67. The topological polar surface area (TPSA) is 66.9 Å². The molecule has 0 fully saturated rings. The quantitative estimate of drug-likeness (QED) is 0.362. The molecule has 0 N–H and O–H groups in total. The molecule has 2 aromatic carbocycles. The predicted molar refractivity (Wildman–Crippen MR) is 80.7 cm³/mol. The summed E-state index contributed by atoms with van der Waals surface area (Å²) in [5.41, 5.74) is 1.85. The van der Waals surface area contributed by atoms with Gasteiger partial charge in [-0.15, -0.1) is 0 Å². The van der Waals surface area contributed by atoms with E-state index in [0.29, 0.717) is 11.1 Å². The highest BCUT2D eigenvalue weighted by Gasteiger charge is 2.06. The Balaban J connectivity index is 2.41. The molecule has 0 radical (unpaired) electrons. The first-order valence-electron chi connectivity index (χ1n) is 5.72. The van der Waals surface area contributed by atoms with E-state index in [1.54, 1.807) is 18.2 Å².